The average molecular weight is 568 g/mol. The van der Waals surface area contributed by atoms with Gasteiger partial charge < -0.3 is 15.3 Å². The quantitative estimate of drug-likeness (QED) is 0.541. The summed E-state index contributed by atoms with van der Waals surface area (Å²) < 4.78 is 2.03. The summed E-state index contributed by atoms with van der Waals surface area (Å²) >= 11 is 4.27. The molecule has 0 aliphatic carbocycles. The molecule has 0 aliphatic heterocycles. The Kier molecular flexibility index (Phi) is 12.4. The maximum Gasteiger partial charge on any atom is 0.335 e. The van der Waals surface area contributed by atoms with Crippen molar-refractivity contribution in [2.45, 2.75) is 0 Å². The third kappa shape index (κ3) is 10.4. The Bertz CT molecular complexity index is 692. The summed E-state index contributed by atoms with van der Waals surface area (Å²) in [5, 5.41) is 11.3. The van der Waals surface area contributed by atoms with Crippen molar-refractivity contribution in [3.63, 3.8) is 0 Å². The van der Waals surface area contributed by atoms with Gasteiger partial charge in [0.15, 0.2) is 0 Å². The van der Waals surface area contributed by atoms with Gasteiger partial charge in [0.05, 0.1) is 5.56 Å². The molecule has 2 N–H and O–H groups in total. The number of aromatic carboxylic acids is 1. The fourth-order valence-electron chi connectivity index (χ4n) is 1.50. The van der Waals surface area contributed by atoms with E-state index in [1.165, 1.54) is 0 Å². The van der Waals surface area contributed by atoms with Crippen LogP contribution in [0.4, 0.5) is 0 Å². The molecule has 0 atom stereocenters. The van der Waals surface area contributed by atoms with E-state index >= 15 is 0 Å². The third-order valence-corrected chi connectivity index (χ3v) is 3.89. The molecule has 2 aromatic carbocycles. The highest BCUT2D eigenvalue weighted by Gasteiger charge is 2.06. The van der Waals surface area contributed by atoms with E-state index < -0.39 is 5.97 Å². The van der Waals surface area contributed by atoms with Gasteiger partial charge in [0.2, 0.25) is 0 Å². The lowest BCUT2D eigenvalue weighted by Crippen LogP contribution is -2.21. The number of amides is 1. The molecular formula is C18H22I2N2O3. The smallest absolute Gasteiger partial charge is 0.335 e. The van der Waals surface area contributed by atoms with Crippen LogP contribution in [0.2, 0.25) is 0 Å². The summed E-state index contributed by atoms with van der Waals surface area (Å²) in [4.78, 5) is 23.3. The van der Waals surface area contributed by atoms with E-state index in [1.54, 1.807) is 37.2 Å². The zero-order valence-electron chi connectivity index (χ0n) is 14.6. The first kappa shape index (κ1) is 23.8. The van der Waals surface area contributed by atoms with Crippen LogP contribution >= 0.6 is 45.2 Å². The first-order valence-electron chi connectivity index (χ1n) is 7.27. The van der Waals surface area contributed by atoms with E-state index in [-0.39, 0.29) is 5.91 Å². The Morgan fingerprint density at radius 2 is 1.32 bits per heavy atom. The number of carbonyl (C=O) groups is 2. The van der Waals surface area contributed by atoms with Crippen LogP contribution in [0.5, 0.6) is 0 Å². The first-order valence-corrected chi connectivity index (χ1v) is 9.43. The van der Waals surface area contributed by atoms with E-state index in [9.17, 15) is 9.59 Å². The number of hydrogen-bond acceptors (Lipinski definition) is 3. The second-order valence-electron chi connectivity index (χ2n) is 5.03. The van der Waals surface area contributed by atoms with E-state index in [0.29, 0.717) is 5.56 Å². The molecule has 0 bridgehead atoms. The van der Waals surface area contributed by atoms with E-state index in [4.69, 9.17) is 5.11 Å². The van der Waals surface area contributed by atoms with Crippen LogP contribution in [-0.2, 0) is 0 Å². The van der Waals surface area contributed by atoms with Gasteiger partial charge in [-0.15, -0.1) is 0 Å². The predicted octanol–water partition coefficient (Wildman–Crippen LogP) is 3.82. The van der Waals surface area contributed by atoms with Gasteiger partial charge in [-0.3, -0.25) is 4.79 Å². The van der Waals surface area contributed by atoms with Crippen LogP contribution in [0.3, 0.4) is 0 Å². The van der Waals surface area contributed by atoms with Gasteiger partial charge in [0, 0.05) is 26.8 Å². The van der Waals surface area contributed by atoms with Crippen LogP contribution in [-0.4, -0.2) is 50.1 Å². The third-order valence-electron chi connectivity index (χ3n) is 2.55. The summed E-state index contributed by atoms with van der Waals surface area (Å²) in [5.41, 5.74) is 1.08. The minimum Gasteiger partial charge on any atom is -0.478 e. The first-order chi connectivity index (χ1) is 11.7. The van der Waals surface area contributed by atoms with E-state index in [1.807, 2.05) is 44.4 Å². The number of hydrogen-bond donors (Lipinski definition) is 2. The van der Waals surface area contributed by atoms with Crippen LogP contribution in [0.25, 0.3) is 0 Å². The Morgan fingerprint density at radius 3 is 1.64 bits per heavy atom. The molecule has 0 aliphatic rings. The number of benzene rings is 2. The molecule has 0 spiro atoms. The molecule has 2 aromatic rings. The molecule has 0 saturated heterocycles. The lowest BCUT2D eigenvalue weighted by atomic mass is 10.2. The van der Waals surface area contributed by atoms with Crippen molar-refractivity contribution >= 4 is 57.1 Å². The van der Waals surface area contributed by atoms with Crippen LogP contribution in [0.15, 0.2) is 48.5 Å². The molecule has 5 nitrogen and oxygen atoms in total. The van der Waals surface area contributed by atoms with Crippen molar-refractivity contribution in [1.82, 2.24) is 10.2 Å². The number of nitrogens with one attached hydrogen (secondary N) is 1. The fourth-order valence-corrected chi connectivity index (χ4v) is 2.59. The number of carboxylic acids is 1. The molecular weight excluding hydrogens is 546 g/mol. The van der Waals surface area contributed by atoms with Crippen molar-refractivity contribution in [2.24, 2.45) is 0 Å². The van der Waals surface area contributed by atoms with E-state index in [2.05, 4.69) is 50.5 Å². The SMILES string of the molecule is CN(C)C(=O)c1cccc(I)c1.CNC.O=C(O)c1cccc(I)c1. The van der Waals surface area contributed by atoms with Crippen molar-refractivity contribution in [3.8, 4) is 0 Å². The number of nitrogens with zero attached hydrogens (tertiary/aromatic N) is 1. The molecule has 7 heteroatoms. The highest BCUT2D eigenvalue weighted by molar-refractivity contribution is 14.1. The van der Waals surface area contributed by atoms with Crippen molar-refractivity contribution in [1.29, 1.82) is 0 Å². The lowest BCUT2D eigenvalue weighted by molar-refractivity contribution is 0.0696. The number of halogens is 2. The van der Waals surface area contributed by atoms with Crippen molar-refractivity contribution in [2.75, 3.05) is 28.2 Å². The van der Waals surface area contributed by atoms with Crippen molar-refractivity contribution in [3.05, 3.63) is 66.8 Å². The van der Waals surface area contributed by atoms with Gasteiger partial charge in [-0.2, -0.15) is 0 Å². The summed E-state index contributed by atoms with van der Waals surface area (Å²) in [6, 6.07) is 14.3. The molecule has 0 heterocycles. The minimum atomic E-state index is -0.876. The molecule has 0 aromatic heterocycles. The monoisotopic (exact) mass is 568 g/mol. The second kappa shape index (κ2) is 13.1. The molecule has 1 amide bonds. The number of carboxylic acid groups (broad SMARTS) is 1. The molecule has 0 fully saturated rings. The van der Waals surface area contributed by atoms with Gasteiger partial charge in [-0.1, -0.05) is 12.1 Å². The topological polar surface area (TPSA) is 69.6 Å². The van der Waals surface area contributed by atoms with Gasteiger partial charge in [-0.05, 0) is 95.7 Å². The van der Waals surface area contributed by atoms with Gasteiger partial charge in [0.1, 0.15) is 0 Å². The molecule has 25 heavy (non-hydrogen) atoms. The summed E-state index contributed by atoms with van der Waals surface area (Å²) in [6.45, 7) is 0. The van der Waals surface area contributed by atoms with Crippen molar-refractivity contribution < 1.29 is 14.7 Å². The highest BCUT2D eigenvalue weighted by atomic mass is 127. The highest BCUT2D eigenvalue weighted by Crippen LogP contribution is 2.09. The van der Waals surface area contributed by atoms with Gasteiger partial charge >= 0.3 is 5.97 Å². The Hall–Kier alpha value is -1.20. The predicted molar refractivity (Wildman–Crippen MR) is 118 cm³/mol. The average Bonchev–Trinajstić information content (AvgIpc) is 2.55. The van der Waals surface area contributed by atoms with Crippen LogP contribution < -0.4 is 5.32 Å². The zero-order chi connectivity index (χ0) is 19.4. The van der Waals surface area contributed by atoms with Gasteiger partial charge in [0.25, 0.3) is 5.91 Å². The lowest BCUT2D eigenvalue weighted by Gasteiger charge is -2.09. The van der Waals surface area contributed by atoms with E-state index in [0.717, 1.165) is 12.7 Å². The molecule has 0 unspecified atom stereocenters. The van der Waals surface area contributed by atoms with Crippen LogP contribution in [0, 0.1) is 7.14 Å². The maximum atomic E-state index is 11.4. The normalized spacial score (nSPS) is 9.04. The Balaban J connectivity index is 0.000000403. The Labute approximate surface area is 176 Å². The summed E-state index contributed by atoms with van der Waals surface area (Å²) in [7, 11) is 7.25. The minimum absolute atomic E-state index is 0.0496. The molecule has 136 valence electrons. The summed E-state index contributed by atoms with van der Waals surface area (Å²) in [6.07, 6.45) is 0. The number of rotatable bonds is 2. The molecule has 0 saturated carbocycles. The summed E-state index contributed by atoms with van der Waals surface area (Å²) in [5.74, 6) is -0.827. The second-order valence-corrected chi connectivity index (χ2v) is 7.52. The van der Waals surface area contributed by atoms with Crippen LogP contribution in [0.1, 0.15) is 20.7 Å². The number of carbonyl (C=O) groups excluding carboxylic acids is 1. The maximum absolute atomic E-state index is 11.4. The van der Waals surface area contributed by atoms with Gasteiger partial charge in [-0.25, -0.2) is 4.79 Å². The molecule has 0 radical (unpaired) electrons. The molecule has 2 rings (SSSR count). The fraction of sp³-hybridized carbons (Fsp3) is 0.222. The largest absolute Gasteiger partial charge is 0.478 e. The Morgan fingerprint density at radius 1 is 0.920 bits per heavy atom. The zero-order valence-corrected chi connectivity index (χ0v) is 18.9. The standard InChI is InChI=1S/C9H10INO.C7H5IO2.C2H7N/c1-11(2)9(12)7-4-3-5-8(10)6-7;8-6-3-1-2-5(4-6)7(9)10;1-3-2/h3-6H,1-2H3;1-4H,(H,9,10);3H,1-2H3.